The molecular weight excluding hydrogens is 342 g/mol. The Bertz CT molecular complexity index is 895. The average Bonchev–Trinajstić information content (AvgIpc) is 3.18. The number of nitrogens with zero attached hydrogens (tertiary/aromatic N) is 3. The molecule has 0 aliphatic heterocycles. The zero-order valence-electron chi connectivity index (χ0n) is 15.8. The van der Waals surface area contributed by atoms with Crippen LogP contribution in [0.2, 0.25) is 0 Å². The number of carbonyl (C=O) groups excluding carboxylic acids is 1. The van der Waals surface area contributed by atoms with E-state index in [0.717, 1.165) is 29.8 Å². The standard InChI is InChI=1S/C21H25N3OS/c1-5-11-24-20(13-19(22-24)18-12-15(2)26-16(18)3)21(25)23(4)14-17-9-7-6-8-10-17/h6-10,12-13H,5,11,14H2,1-4H3. The third-order valence-electron chi connectivity index (χ3n) is 4.36. The van der Waals surface area contributed by atoms with Gasteiger partial charge in [0.15, 0.2) is 0 Å². The van der Waals surface area contributed by atoms with Crippen LogP contribution in [-0.4, -0.2) is 27.6 Å². The fourth-order valence-electron chi connectivity index (χ4n) is 3.11. The molecule has 0 unspecified atom stereocenters. The third-order valence-corrected chi connectivity index (χ3v) is 5.33. The maximum Gasteiger partial charge on any atom is 0.272 e. The molecule has 136 valence electrons. The van der Waals surface area contributed by atoms with Gasteiger partial charge in [0.2, 0.25) is 0 Å². The molecule has 3 aromatic rings. The van der Waals surface area contributed by atoms with Crippen molar-refractivity contribution >= 4 is 17.2 Å². The summed E-state index contributed by atoms with van der Waals surface area (Å²) in [5, 5.41) is 4.73. The van der Waals surface area contributed by atoms with E-state index in [1.165, 1.54) is 9.75 Å². The number of carbonyl (C=O) groups is 1. The minimum Gasteiger partial charge on any atom is -0.336 e. The first kappa shape index (κ1) is 18.4. The molecule has 1 amide bonds. The molecule has 3 rings (SSSR count). The van der Waals surface area contributed by atoms with Crippen LogP contribution in [0.1, 0.15) is 39.2 Å². The fourth-order valence-corrected chi connectivity index (χ4v) is 4.05. The molecule has 26 heavy (non-hydrogen) atoms. The molecular formula is C21H25N3OS. The lowest BCUT2D eigenvalue weighted by Gasteiger charge is -2.17. The fraction of sp³-hybridized carbons (Fsp3) is 0.333. The Hall–Kier alpha value is -2.40. The van der Waals surface area contributed by atoms with Gasteiger partial charge in [0.05, 0.1) is 5.69 Å². The Morgan fingerprint density at radius 3 is 2.54 bits per heavy atom. The molecule has 4 nitrogen and oxygen atoms in total. The molecule has 1 aromatic carbocycles. The normalized spacial score (nSPS) is 10.9. The second kappa shape index (κ2) is 7.87. The van der Waals surface area contributed by atoms with E-state index in [1.807, 2.05) is 48.1 Å². The molecule has 0 radical (unpaired) electrons. The van der Waals surface area contributed by atoms with Crippen LogP contribution in [0.5, 0.6) is 0 Å². The second-order valence-corrected chi connectivity index (χ2v) is 8.07. The van der Waals surface area contributed by atoms with Crippen molar-refractivity contribution in [2.24, 2.45) is 0 Å². The van der Waals surface area contributed by atoms with E-state index in [9.17, 15) is 4.79 Å². The number of amides is 1. The smallest absolute Gasteiger partial charge is 0.272 e. The van der Waals surface area contributed by atoms with Crippen LogP contribution in [0, 0.1) is 13.8 Å². The highest BCUT2D eigenvalue weighted by Gasteiger charge is 2.20. The molecule has 5 heteroatoms. The Labute approximate surface area is 159 Å². The van der Waals surface area contributed by atoms with Crippen LogP contribution in [0.3, 0.4) is 0 Å². The van der Waals surface area contributed by atoms with E-state index >= 15 is 0 Å². The number of aryl methyl sites for hydroxylation is 3. The maximum absolute atomic E-state index is 13.0. The SMILES string of the molecule is CCCn1nc(-c2cc(C)sc2C)cc1C(=O)N(C)Cc1ccccc1. The lowest BCUT2D eigenvalue weighted by Crippen LogP contribution is -2.28. The molecule has 0 N–H and O–H groups in total. The van der Waals surface area contributed by atoms with Gasteiger partial charge in [-0.3, -0.25) is 9.48 Å². The van der Waals surface area contributed by atoms with Gasteiger partial charge in [0, 0.05) is 35.5 Å². The maximum atomic E-state index is 13.0. The molecule has 0 aliphatic carbocycles. The van der Waals surface area contributed by atoms with E-state index in [0.29, 0.717) is 12.2 Å². The van der Waals surface area contributed by atoms with Gasteiger partial charge in [-0.25, -0.2) is 0 Å². The molecule has 0 fully saturated rings. The van der Waals surface area contributed by atoms with Gasteiger partial charge in [0.1, 0.15) is 5.69 Å². The van der Waals surface area contributed by atoms with Crippen LogP contribution in [0.25, 0.3) is 11.3 Å². The Morgan fingerprint density at radius 2 is 1.92 bits per heavy atom. The quantitative estimate of drug-likeness (QED) is 0.621. The molecule has 2 heterocycles. The molecule has 0 saturated heterocycles. The number of hydrogen-bond donors (Lipinski definition) is 0. The molecule has 2 aromatic heterocycles. The Kier molecular flexibility index (Phi) is 5.57. The summed E-state index contributed by atoms with van der Waals surface area (Å²) in [6, 6.07) is 14.1. The van der Waals surface area contributed by atoms with E-state index < -0.39 is 0 Å². The van der Waals surface area contributed by atoms with Crippen molar-refractivity contribution in [1.29, 1.82) is 0 Å². The monoisotopic (exact) mass is 367 g/mol. The van der Waals surface area contributed by atoms with Gasteiger partial charge in [0.25, 0.3) is 5.91 Å². The highest BCUT2D eigenvalue weighted by Crippen LogP contribution is 2.30. The van der Waals surface area contributed by atoms with Crippen LogP contribution in [-0.2, 0) is 13.1 Å². The molecule has 0 spiro atoms. The summed E-state index contributed by atoms with van der Waals surface area (Å²) in [5.74, 6) is 0.00524. The third kappa shape index (κ3) is 3.88. The second-order valence-electron chi connectivity index (χ2n) is 6.61. The first-order valence-corrected chi connectivity index (χ1v) is 9.76. The number of aromatic nitrogens is 2. The van der Waals surface area contributed by atoms with Crippen LogP contribution >= 0.6 is 11.3 Å². The van der Waals surface area contributed by atoms with Crippen molar-refractivity contribution in [1.82, 2.24) is 14.7 Å². The van der Waals surface area contributed by atoms with E-state index in [4.69, 9.17) is 5.10 Å². The van der Waals surface area contributed by atoms with Crippen molar-refractivity contribution in [2.45, 2.75) is 40.3 Å². The van der Waals surface area contributed by atoms with Gasteiger partial charge >= 0.3 is 0 Å². The lowest BCUT2D eigenvalue weighted by atomic mass is 10.1. The first-order chi connectivity index (χ1) is 12.5. The van der Waals surface area contributed by atoms with Gasteiger partial charge in [-0.1, -0.05) is 37.3 Å². The summed E-state index contributed by atoms with van der Waals surface area (Å²) in [4.78, 5) is 17.3. The summed E-state index contributed by atoms with van der Waals surface area (Å²) in [5.41, 5.74) is 3.79. The summed E-state index contributed by atoms with van der Waals surface area (Å²) >= 11 is 1.76. The minimum absolute atomic E-state index is 0.00524. The van der Waals surface area contributed by atoms with Crippen molar-refractivity contribution in [3.63, 3.8) is 0 Å². The van der Waals surface area contributed by atoms with Crippen LogP contribution in [0.4, 0.5) is 0 Å². The van der Waals surface area contributed by atoms with Crippen molar-refractivity contribution in [3.05, 3.63) is 63.5 Å². The summed E-state index contributed by atoms with van der Waals surface area (Å²) in [6.07, 6.45) is 0.936. The zero-order valence-corrected chi connectivity index (χ0v) is 16.6. The van der Waals surface area contributed by atoms with Gasteiger partial charge in [-0.15, -0.1) is 11.3 Å². The summed E-state index contributed by atoms with van der Waals surface area (Å²) < 4.78 is 1.85. The number of thiophene rings is 1. The number of benzene rings is 1. The molecule has 0 bridgehead atoms. The number of hydrogen-bond acceptors (Lipinski definition) is 3. The first-order valence-electron chi connectivity index (χ1n) is 8.94. The van der Waals surface area contributed by atoms with Crippen molar-refractivity contribution < 1.29 is 4.79 Å². The van der Waals surface area contributed by atoms with E-state index in [1.54, 1.807) is 16.2 Å². The van der Waals surface area contributed by atoms with Crippen LogP contribution < -0.4 is 0 Å². The summed E-state index contributed by atoms with van der Waals surface area (Å²) in [6.45, 7) is 7.63. The summed E-state index contributed by atoms with van der Waals surface area (Å²) in [7, 11) is 1.85. The van der Waals surface area contributed by atoms with Crippen molar-refractivity contribution in [3.8, 4) is 11.3 Å². The minimum atomic E-state index is 0.00524. The highest BCUT2D eigenvalue weighted by molar-refractivity contribution is 7.12. The Balaban J connectivity index is 1.90. The predicted molar refractivity (Wildman–Crippen MR) is 108 cm³/mol. The largest absolute Gasteiger partial charge is 0.336 e. The highest BCUT2D eigenvalue weighted by atomic mass is 32.1. The van der Waals surface area contributed by atoms with Crippen LogP contribution in [0.15, 0.2) is 42.5 Å². The zero-order chi connectivity index (χ0) is 18.7. The van der Waals surface area contributed by atoms with E-state index in [-0.39, 0.29) is 5.91 Å². The number of rotatable bonds is 6. The van der Waals surface area contributed by atoms with Gasteiger partial charge < -0.3 is 4.90 Å². The van der Waals surface area contributed by atoms with E-state index in [2.05, 4.69) is 26.8 Å². The molecule has 0 saturated carbocycles. The topological polar surface area (TPSA) is 38.1 Å². The lowest BCUT2D eigenvalue weighted by molar-refractivity contribution is 0.0772. The molecule has 0 atom stereocenters. The predicted octanol–water partition coefficient (Wildman–Crippen LogP) is 4.91. The average molecular weight is 368 g/mol. The molecule has 0 aliphatic rings. The Morgan fingerprint density at radius 1 is 1.19 bits per heavy atom. The van der Waals surface area contributed by atoms with Crippen molar-refractivity contribution in [2.75, 3.05) is 7.05 Å². The van der Waals surface area contributed by atoms with Gasteiger partial charge in [-0.05, 0) is 38.0 Å². The van der Waals surface area contributed by atoms with Gasteiger partial charge in [-0.2, -0.15) is 5.10 Å².